The summed E-state index contributed by atoms with van der Waals surface area (Å²) in [6, 6.07) is 8.57. The predicted molar refractivity (Wildman–Crippen MR) is 165 cm³/mol. The molecule has 0 aromatic heterocycles. The van der Waals surface area contributed by atoms with E-state index in [0.29, 0.717) is 0 Å². The van der Waals surface area contributed by atoms with E-state index in [-0.39, 0.29) is 24.8 Å². The van der Waals surface area contributed by atoms with Crippen molar-refractivity contribution in [2.45, 2.75) is 122 Å². The van der Waals surface area contributed by atoms with Gasteiger partial charge in [0.2, 0.25) is 0 Å². The van der Waals surface area contributed by atoms with Crippen LogP contribution in [-0.2, 0) is 6.42 Å². The lowest BCUT2D eigenvalue weighted by molar-refractivity contribution is -0.902. The van der Waals surface area contributed by atoms with Crippen LogP contribution in [0.25, 0.3) is 0 Å². The minimum atomic E-state index is 0. The van der Waals surface area contributed by atoms with Gasteiger partial charge in [-0.1, -0.05) is 102 Å². The summed E-state index contributed by atoms with van der Waals surface area (Å²) in [5.41, 5.74) is 1.44. The summed E-state index contributed by atoms with van der Waals surface area (Å²) in [5.74, 6) is 0.959. The van der Waals surface area contributed by atoms with Crippen LogP contribution in [0.1, 0.15) is 121 Å². The molecule has 0 spiro atoms. The maximum absolute atomic E-state index is 5.23. The first kappa shape index (κ1) is 40.7. The summed E-state index contributed by atoms with van der Waals surface area (Å²) in [6.07, 6.45) is 26.9. The molecule has 0 aliphatic heterocycles. The van der Waals surface area contributed by atoms with Crippen LogP contribution in [0.2, 0.25) is 0 Å². The normalized spacial score (nSPS) is 11.6. The molecule has 0 saturated carbocycles. The van der Waals surface area contributed by atoms with Crippen molar-refractivity contribution in [3.05, 3.63) is 29.8 Å². The minimum absolute atomic E-state index is 0. The Morgan fingerprint density at radius 1 is 0.462 bits per heavy atom. The SMILES string of the molecule is COc1ccc(CCCCCCCCCCCCCCCCCCC[N+](C)(C)CCC[N+](C)(C)C)cc1.[Cl-].[Cl-]. The summed E-state index contributed by atoms with van der Waals surface area (Å²) < 4.78 is 7.52. The number of hydrogen-bond acceptors (Lipinski definition) is 1. The van der Waals surface area contributed by atoms with Gasteiger partial charge in [0.05, 0.1) is 62.0 Å². The molecule has 0 N–H and O–H groups in total. The summed E-state index contributed by atoms with van der Waals surface area (Å²) in [4.78, 5) is 0. The lowest BCUT2D eigenvalue weighted by Gasteiger charge is -2.31. The first-order valence-electron chi connectivity index (χ1n) is 16.0. The number of ether oxygens (including phenoxy) is 1. The largest absolute Gasteiger partial charge is 1.00 e. The Morgan fingerprint density at radius 3 is 1.21 bits per heavy atom. The van der Waals surface area contributed by atoms with Gasteiger partial charge in [0.25, 0.3) is 0 Å². The van der Waals surface area contributed by atoms with Gasteiger partial charge >= 0.3 is 0 Å². The number of hydrogen-bond donors (Lipinski definition) is 0. The smallest absolute Gasteiger partial charge is 0.118 e. The Bertz CT molecular complexity index is 644. The van der Waals surface area contributed by atoms with Crippen LogP contribution in [0.15, 0.2) is 24.3 Å². The standard InChI is InChI=1S/C34H66N2O.2ClH/c1-35(2,3)30-24-32-36(4,5)31-23-21-19-17-15-13-11-9-7-8-10-12-14-16-18-20-22-25-33-26-28-34(37-6)29-27-33;;/h26-29H,7-25,30-32H2,1-6H3;2*1H/q+2;;/p-2. The van der Waals surface area contributed by atoms with Crippen molar-refractivity contribution in [1.82, 2.24) is 0 Å². The first-order valence-corrected chi connectivity index (χ1v) is 16.0. The highest BCUT2D eigenvalue weighted by molar-refractivity contribution is 5.27. The highest BCUT2D eigenvalue weighted by Crippen LogP contribution is 2.16. The van der Waals surface area contributed by atoms with Crippen molar-refractivity contribution in [2.75, 3.05) is 62.0 Å². The zero-order valence-electron chi connectivity index (χ0n) is 26.9. The third kappa shape index (κ3) is 26.2. The fraction of sp³-hybridized carbons (Fsp3) is 0.824. The number of aryl methyl sites for hydroxylation is 1. The van der Waals surface area contributed by atoms with E-state index in [1.165, 1.54) is 152 Å². The molecular weight excluding hydrogens is 523 g/mol. The molecule has 0 aliphatic carbocycles. The average molecular weight is 590 g/mol. The van der Waals surface area contributed by atoms with E-state index in [1.54, 1.807) is 7.11 Å². The van der Waals surface area contributed by atoms with E-state index in [1.807, 2.05) is 0 Å². The van der Waals surface area contributed by atoms with Gasteiger partial charge in [0, 0.05) is 6.42 Å². The van der Waals surface area contributed by atoms with Crippen molar-refractivity contribution in [2.24, 2.45) is 0 Å². The van der Waals surface area contributed by atoms with E-state index in [4.69, 9.17) is 4.74 Å². The van der Waals surface area contributed by atoms with Crippen LogP contribution in [0.5, 0.6) is 5.75 Å². The van der Waals surface area contributed by atoms with Crippen LogP contribution < -0.4 is 29.6 Å². The first-order chi connectivity index (χ1) is 17.7. The van der Waals surface area contributed by atoms with Crippen LogP contribution in [0.4, 0.5) is 0 Å². The lowest BCUT2D eigenvalue weighted by Crippen LogP contribution is -3.00. The van der Waals surface area contributed by atoms with Gasteiger partial charge in [-0.15, -0.1) is 0 Å². The van der Waals surface area contributed by atoms with Crippen molar-refractivity contribution in [3.63, 3.8) is 0 Å². The Hall–Kier alpha value is -0.480. The second-order valence-corrected chi connectivity index (χ2v) is 13.4. The van der Waals surface area contributed by atoms with Crippen molar-refractivity contribution >= 4 is 0 Å². The summed E-state index contributed by atoms with van der Waals surface area (Å²) >= 11 is 0. The monoisotopic (exact) mass is 588 g/mol. The molecule has 0 unspecified atom stereocenters. The van der Waals surface area contributed by atoms with E-state index >= 15 is 0 Å². The fourth-order valence-electron chi connectivity index (χ4n) is 5.40. The molecule has 0 heterocycles. The molecule has 0 fully saturated rings. The third-order valence-electron chi connectivity index (χ3n) is 7.98. The highest BCUT2D eigenvalue weighted by atomic mass is 35.5. The number of rotatable bonds is 25. The molecule has 3 nitrogen and oxygen atoms in total. The summed E-state index contributed by atoms with van der Waals surface area (Å²) in [6.45, 7) is 3.96. The fourth-order valence-corrected chi connectivity index (χ4v) is 5.40. The number of benzene rings is 1. The Kier molecular flexibility index (Phi) is 26.3. The van der Waals surface area contributed by atoms with Crippen LogP contribution >= 0.6 is 0 Å². The second-order valence-electron chi connectivity index (χ2n) is 13.4. The maximum Gasteiger partial charge on any atom is 0.118 e. The Labute approximate surface area is 257 Å². The van der Waals surface area contributed by atoms with Crippen molar-refractivity contribution in [1.29, 1.82) is 0 Å². The second kappa shape index (κ2) is 25.2. The van der Waals surface area contributed by atoms with Crippen molar-refractivity contribution < 1.29 is 38.5 Å². The van der Waals surface area contributed by atoms with E-state index in [0.717, 1.165) is 10.2 Å². The highest BCUT2D eigenvalue weighted by Gasteiger charge is 2.16. The van der Waals surface area contributed by atoms with Gasteiger partial charge in [-0.05, 0) is 43.4 Å². The van der Waals surface area contributed by atoms with Crippen molar-refractivity contribution in [3.8, 4) is 5.75 Å². The lowest BCUT2D eigenvalue weighted by atomic mass is 10.0. The topological polar surface area (TPSA) is 9.23 Å². The molecule has 1 rings (SSSR count). The number of nitrogens with zero attached hydrogens (tertiary/aromatic N) is 2. The quantitative estimate of drug-likeness (QED) is 0.126. The molecule has 1 aromatic carbocycles. The number of methoxy groups -OCH3 is 1. The van der Waals surface area contributed by atoms with Gasteiger partial charge in [0.1, 0.15) is 5.75 Å². The molecule has 0 atom stereocenters. The zero-order valence-corrected chi connectivity index (χ0v) is 28.4. The Balaban J connectivity index is 0. The molecule has 0 saturated heterocycles. The summed E-state index contributed by atoms with van der Waals surface area (Å²) in [7, 11) is 13.5. The van der Waals surface area contributed by atoms with E-state index in [2.05, 4.69) is 59.5 Å². The summed E-state index contributed by atoms with van der Waals surface area (Å²) in [5, 5.41) is 0. The zero-order chi connectivity index (χ0) is 27.2. The number of halogens is 2. The van der Waals surface area contributed by atoms with Gasteiger partial charge in [-0.25, -0.2) is 0 Å². The van der Waals surface area contributed by atoms with Gasteiger partial charge in [0.15, 0.2) is 0 Å². The molecular formula is C34H66Cl2N2O. The average Bonchev–Trinajstić information content (AvgIpc) is 2.84. The molecule has 0 radical (unpaired) electrons. The number of quaternary nitrogens is 2. The maximum atomic E-state index is 5.23. The van der Waals surface area contributed by atoms with Gasteiger partial charge < -0.3 is 38.5 Å². The van der Waals surface area contributed by atoms with Crippen LogP contribution in [0.3, 0.4) is 0 Å². The van der Waals surface area contributed by atoms with E-state index in [9.17, 15) is 0 Å². The molecule has 5 heteroatoms. The molecule has 39 heavy (non-hydrogen) atoms. The molecule has 1 aromatic rings. The van der Waals surface area contributed by atoms with Crippen LogP contribution in [-0.4, -0.2) is 70.9 Å². The van der Waals surface area contributed by atoms with Gasteiger partial charge in [-0.3, -0.25) is 0 Å². The third-order valence-corrected chi connectivity index (χ3v) is 7.98. The predicted octanol–water partition coefficient (Wildman–Crippen LogP) is 3.05. The van der Waals surface area contributed by atoms with Gasteiger partial charge in [-0.2, -0.15) is 0 Å². The molecule has 0 aliphatic rings. The molecule has 0 bridgehead atoms. The molecule has 232 valence electrons. The minimum Gasteiger partial charge on any atom is -1.00 e. The Morgan fingerprint density at radius 2 is 0.821 bits per heavy atom. The number of unbranched alkanes of at least 4 members (excludes halogenated alkanes) is 16. The molecule has 0 amide bonds. The van der Waals surface area contributed by atoms with Crippen LogP contribution in [0, 0.1) is 0 Å². The van der Waals surface area contributed by atoms with E-state index < -0.39 is 0 Å².